The maximum absolute atomic E-state index is 13.1. The van der Waals surface area contributed by atoms with Crippen LogP contribution in [0.15, 0.2) is 18.2 Å². The summed E-state index contributed by atoms with van der Waals surface area (Å²) in [6.07, 6.45) is 0. The number of hydrogen-bond donors (Lipinski definition) is 1. The minimum absolute atomic E-state index is 0.343. The van der Waals surface area contributed by atoms with Gasteiger partial charge in [-0.2, -0.15) is 8.78 Å². The van der Waals surface area contributed by atoms with Crippen molar-refractivity contribution in [1.29, 1.82) is 0 Å². The topological polar surface area (TPSA) is 35.2 Å². The van der Waals surface area contributed by atoms with Crippen LogP contribution in [0.4, 0.5) is 13.2 Å². The molecule has 0 radical (unpaired) electrons. The van der Waals surface area contributed by atoms with Gasteiger partial charge < -0.3 is 10.5 Å². The molecule has 0 aliphatic carbocycles. The molecule has 0 saturated heterocycles. The maximum Gasteiger partial charge on any atom is 0.387 e. The van der Waals surface area contributed by atoms with E-state index in [1.54, 1.807) is 6.92 Å². The summed E-state index contributed by atoms with van der Waals surface area (Å²) in [5, 5.41) is 0. The molecule has 0 unspecified atom stereocenters. The normalized spacial score (nSPS) is 13.0. The highest BCUT2D eigenvalue weighted by atomic mass is 19.3. The molecule has 2 nitrogen and oxygen atoms in total. The summed E-state index contributed by atoms with van der Waals surface area (Å²) in [5.74, 6) is -1.30. The second kappa shape index (κ2) is 4.32. The van der Waals surface area contributed by atoms with Crippen LogP contribution in [0.2, 0.25) is 0 Å². The number of alkyl halides is 2. The number of benzene rings is 1. The van der Waals surface area contributed by atoms with Crippen LogP contribution in [0, 0.1) is 5.82 Å². The van der Waals surface area contributed by atoms with E-state index in [1.807, 2.05) is 0 Å². The summed E-state index contributed by atoms with van der Waals surface area (Å²) in [6.45, 7) is -1.35. The molecule has 0 fully saturated rings. The maximum atomic E-state index is 13.1. The van der Waals surface area contributed by atoms with Crippen molar-refractivity contribution >= 4 is 0 Å². The third-order valence-corrected chi connectivity index (χ3v) is 1.70. The Hall–Kier alpha value is -1.23. The lowest BCUT2D eigenvalue weighted by Gasteiger charge is -2.09. The van der Waals surface area contributed by atoms with Crippen LogP contribution >= 0.6 is 0 Å². The van der Waals surface area contributed by atoms with Crippen LogP contribution in [-0.4, -0.2) is 6.61 Å². The van der Waals surface area contributed by atoms with Crippen molar-refractivity contribution in [2.45, 2.75) is 19.6 Å². The number of ether oxygens (including phenoxy) is 1. The first-order chi connectivity index (χ1) is 6.50. The second-order valence-corrected chi connectivity index (χ2v) is 2.86. The number of halogens is 3. The molecule has 1 atom stereocenters. The molecule has 0 aliphatic rings. The highest BCUT2D eigenvalue weighted by Gasteiger charge is 2.11. The van der Waals surface area contributed by atoms with Crippen molar-refractivity contribution in [2.75, 3.05) is 0 Å². The van der Waals surface area contributed by atoms with Gasteiger partial charge in [-0.05, 0) is 24.6 Å². The highest BCUT2D eigenvalue weighted by molar-refractivity contribution is 5.30. The largest absolute Gasteiger partial charge is 0.432 e. The predicted molar refractivity (Wildman–Crippen MR) is 45.6 cm³/mol. The molecular weight excluding hydrogens is 195 g/mol. The van der Waals surface area contributed by atoms with Gasteiger partial charge in [0.2, 0.25) is 0 Å². The molecule has 78 valence electrons. The molecule has 0 bridgehead atoms. The van der Waals surface area contributed by atoms with Crippen LogP contribution < -0.4 is 10.5 Å². The average Bonchev–Trinajstić information content (AvgIpc) is 2.07. The Kier molecular flexibility index (Phi) is 3.35. The lowest BCUT2D eigenvalue weighted by Crippen LogP contribution is -2.07. The van der Waals surface area contributed by atoms with E-state index in [-0.39, 0.29) is 6.04 Å². The van der Waals surface area contributed by atoms with Gasteiger partial charge in [0, 0.05) is 6.04 Å². The standard InChI is InChI=1S/C9H10F3NO/c1-5(13)6-2-3-8(7(10)4-6)14-9(11)12/h2-5,9H,13H2,1H3/t5-/m1/s1. The fraction of sp³-hybridized carbons (Fsp3) is 0.333. The molecule has 1 aromatic carbocycles. The Labute approximate surface area is 79.5 Å². The first-order valence-corrected chi connectivity index (χ1v) is 4.00. The smallest absolute Gasteiger partial charge is 0.387 e. The SMILES string of the molecule is C[C@@H](N)c1ccc(OC(F)F)c(F)c1. The van der Waals surface area contributed by atoms with Crippen molar-refractivity contribution in [3.63, 3.8) is 0 Å². The number of rotatable bonds is 3. The van der Waals surface area contributed by atoms with E-state index in [9.17, 15) is 13.2 Å². The molecule has 1 rings (SSSR count). The van der Waals surface area contributed by atoms with Gasteiger partial charge in [-0.1, -0.05) is 6.07 Å². The molecule has 2 N–H and O–H groups in total. The first kappa shape index (κ1) is 10.8. The van der Waals surface area contributed by atoms with Gasteiger partial charge in [0.25, 0.3) is 0 Å². The van der Waals surface area contributed by atoms with Crippen molar-refractivity contribution < 1.29 is 17.9 Å². The van der Waals surface area contributed by atoms with Crippen LogP contribution in [-0.2, 0) is 0 Å². The van der Waals surface area contributed by atoms with E-state index in [1.165, 1.54) is 6.07 Å². The molecule has 0 spiro atoms. The third kappa shape index (κ3) is 2.63. The van der Waals surface area contributed by atoms with Gasteiger partial charge in [-0.3, -0.25) is 0 Å². The van der Waals surface area contributed by atoms with Gasteiger partial charge in [-0.15, -0.1) is 0 Å². The van der Waals surface area contributed by atoms with E-state index in [4.69, 9.17) is 5.73 Å². The van der Waals surface area contributed by atoms with Gasteiger partial charge in [0.05, 0.1) is 0 Å². The van der Waals surface area contributed by atoms with Gasteiger partial charge in [0.1, 0.15) is 0 Å². The molecule has 0 aromatic heterocycles. The predicted octanol–water partition coefficient (Wildman–Crippen LogP) is 2.45. The minimum Gasteiger partial charge on any atom is -0.432 e. The lowest BCUT2D eigenvalue weighted by atomic mass is 10.1. The molecule has 0 aliphatic heterocycles. The monoisotopic (exact) mass is 205 g/mol. The molecule has 1 aromatic rings. The fourth-order valence-electron chi connectivity index (χ4n) is 0.992. The van der Waals surface area contributed by atoms with Gasteiger partial charge in [-0.25, -0.2) is 4.39 Å². The average molecular weight is 205 g/mol. The van der Waals surface area contributed by atoms with Gasteiger partial charge >= 0.3 is 6.61 Å². The van der Waals surface area contributed by atoms with E-state index in [0.29, 0.717) is 5.56 Å². The highest BCUT2D eigenvalue weighted by Crippen LogP contribution is 2.22. The summed E-state index contributed by atoms with van der Waals surface area (Å²) in [7, 11) is 0. The van der Waals surface area contributed by atoms with Crippen molar-refractivity contribution in [2.24, 2.45) is 5.73 Å². The van der Waals surface area contributed by atoms with Crippen LogP contribution in [0.3, 0.4) is 0 Å². The van der Waals surface area contributed by atoms with Crippen molar-refractivity contribution in [3.05, 3.63) is 29.6 Å². The quantitative estimate of drug-likeness (QED) is 0.822. The van der Waals surface area contributed by atoms with Crippen LogP contribution in [0.25, 0.3) is 0 Å². The number of nitrogens with two attached hydrogens (primary N) is 1. The molecule has 14 heavy (non-hydrogen) atoms. The zero-order valence-electron chi connectivity index (χ0n) is 7.51. The molecule has 5 heteroatoms. The Morgan fingerprint density at radius 3 is 2.43 bits per heavy atom. The molecule has 0 saturated carbocycles. The van der Waals surface area contributed by atoms with E-state index >= 15 is 0 Å². The van der Waals surface area contributed by atoms with Crippen molar-refractivity contribution in [1.82, 2.24) is 0 Å². The van der Waals surface area contributed by atoms with E-state index < -0.39 is 18.2 Å². The molecule has 0 heterocycles. The number of hydrogen-bond acceptors (Lipinski definition) is 2. The first-order valence-electron chi connectivity index (χ1n) is 4.00. The third-order valence-electron chi connectivity index (χ3n) is 1.70. The van der Waals surface area contributed by atoms with Crippen molar-refractivity contribution in [3.8, 4) is 5.75 Å². The summed E-state index contributed by atoms with van der Waals surface area (Å²) < 4.78 is 40.5. The van der Waals surface area contributed by atoms with Crippen LogP contribution in [0.5, 0.6) is 5.75 Å². The van der Waals surface area contributed by atoms with E-state index in [2.05, 4.69) is 4.74 Å². The zero-order chi connectivity index (χ0) is 10.7. The Morgan fingerprint density at radius 1 is 1.36 bits per heavy atom. The zero-order valence-corrected chi connectivity index (χ0v) is 7.51. The Bertz CT molecular complexity index is 315. The molecular formula is C9H10F3NO. The van der Waals surface area contributed by atoms with E-state index in [0.717, 1.165) is 12.1 Å². The summed E-state index contributed by atoms with van der Waals surface area (Å²) >= 11 is 0. The lowest BCUT2D eigenvalue weighted by molar-refractivity contribution is -0.0522. The Morgan fingerprint density at radius 2 is 2.00 bits per heavy atom. The second-order valence-electron chi connectivity index (χ2n) is 2.86. The summed E-state index contributed by atoms with van der Waals surface area (Å²) in [5.41, 5.74) is 6.01. The summed E-state index contributed by atoms with van der Waals surface area (Å²) in [6, 6.07) is 3.33. The Balaban J connectivity index is 2.90. The summed E-state index contributed by atoms with van der Waals surface area (Å²) in [4.78, 5) is 0. The van der Waals surface area contributed by atoms with Crippen LogP contribution in [0.1, 0.15) is 18.5 Å². The minimum atomic E-state index is -3.02. The fourth-order valence-corrected chi connectivity index (χ4v) is 0.992. The molecule has 0 amide bonds. The van der Waals surface area contributed by atoms with Gasteiger partial charge in [0.15, 0.2) is 11.6 Å².